The molecule has 0 aromatic heterocycles. The Morgan fingerprint density at radius 1 is 0.818 bits per heavy atom. The van der Waals surface area contributed by atoms with Crippen LogP contribution < -0.4 is 31.5 Å². The Kier molecular flexibility index (Phi) is 12.0. The van der Waals surface area contributed by atoms with Crippen LogP contribution in [-0.4, -0.2) is 130 Å². The Morgan fingerprint density at radius 2 is 1.61 bits per heavy atom. The van der Waals surface area contributed by atoms with Gasteiger partial charge >= 0.3 is 0 Å². The normalized spacial score (nSPS) is 34.1. The van der Waals surface area contributed by atoms with Crippen LogP contribution in [0, 0.1) is 11.3 Å². The zero-order valence-corrected chi connectivity index (χ0v) is 38.7. The molecule has 11 rings (SSSR count). The van der Waals surface area contributed by atoms with Crippen LogP contribution in [-0.2, 0) is 20.9 Å². The molecule has 1 spiro atoms. The highest BCUT2D eigenvalue weighted by Gasteiger charge is 2.53. The minimum absolute atomic E-state index is 0.0127. The van der Waals surface area contributed by atoms with Gasteiger partial charge in [-0.05, 0) is 157 Å². The third kappa shape index (κ3) is 8.46. The Hall–Kier alpha value is -4.38. The van der Waals surface area contributed by atoms with Crippen molar-refractivity contribution in [3.63, 3.8) is 0 Å². The van der Waals surface area contributed by atoms with Crippen LogP contribution in [0.1, 0.15) is 131 Å². The molecule has 7 fully saturated rings. The van der Waals surface area contributed by atoms with Crippen molar-refractivity contribution in [2.75, 3.05) is 49.5 Å². The number of benzene rings is 2. The number of imide groups is 1. The lowest BCUT2D eigenvalue weighted by Crippen LogP contribution is -2.69. The lowest BCUT2D eigenvalue weighted by atomic mass is 9.66. The van der Waals surface area contributed by atoms with E-state index in [1.807, 2.05) is 18.0 Å². The number of carbonyl (C=O) groups is 4. The number of anilines is 2. The number of nitrogens with one attached hydrogen (secondary N) is 5. The number of likely N-dealkylation sites (tertiary alicyclic amines) is 1. The van der Waals surface area contributed by atoms with E-state index in [2.05, 4.69) is 89.9 Å². The monoisotopic (exact) mass is 903 g/mol. The van der Waals surface area contributed by atoms with E-state index in [4.69, 9.17) is 0 Å². The molecule has 9 aliphatic rings. The summed E-state index contributed by atoms with van der Waals surface area (Å²) in [6.07, 6.45) is 18.7. The van der Waals surface area contributed by atoms with E-state index in [0.717, 1.165) is 68.8 Å². The van der Waals surface area contributed by atoms with Crippen LogP contribution in [0.25, 0.3) is 0 Å². The highest BCUT2D eigenvalue weighted by molar-refractivity contribution is 6.05. The molecule has 7 atom stereocenters. The van der Waals surface area contributed by atoms with Gasteiger partial charge in [0.25, 0.3) is 5.91 Å². The highest BCUT2D eigenvalue weighted by atomic mass is 16.3. The Balaban J connectivity index is 0.639. The number of carbonyl (C=O) groups excluding carboxylic acids is 4. The fourth-order valence-corrected chi connectivity index (χ4v) is 13.4. The predicted molar refractivity (Wildman–Crippen MR) is 252 cm³/mol. The van der Waals surface area contributed by atoms with Gasteiger partial charge in [0.15, 0.2) is 0 Å². The maximum atomic E-state index is 13.8. The summed E-state index contributed by atoms with van der Waals surface area (Å²) in [5, 5.41) is 32.7. The molecule has 0 radical (unpaired) electrons. The van der Waals surface area contributed by atoms with Crippen LogP contribution in [0.5, 0.6) is 0 Å². The van der Waals surface area contributed by atoms with Crippen molar-refractivity contribution in [2.45, 2.75) is 158 Å². The summed E-state index contributed by atoms with van der Waals surface area (Å²) in [5.41, 5.74) is 4.83. The van der Waals surface area contributed by atoms with Crippen LogP contribution in [0.3, 0.4) is 0 Å². The van der Waals surface area contributed by atoms with Crippen molar-refractivity contribution < 1.29 is 24.3 Å². The quantitative estimate of drug-likeness (QED) is 0.180. The maximum Gasteiger partial charge on any atom is 0.255 e. The van der Waals surface area contributed by atoms with Gasteiger partial charge in [-0.3, -0.25) is 45.5 Å². The van der Waals surface area contributed by atoms with Gasteiger partial charge in [-0.1, -0.05) is 30.4 Å². The molecule has 6 N–H and O–H groups in total. The summed E-state index contributed by atoms with van der Waals surface area (Å²) >= 11 is 0. The molecule has 8 aliphatic heterocycles. The first kappa shape index (κ1) is 44.1. The molecular weight excluding hydrogens is 833 g/mol. The first-order valence-corrected chi connectivity index (χ1v) is 25.4. The molecule has 2 aromatic carbocycles. The number of piperidine rings is 4. The molecule has 1 aliphatic carbocycles. The molecular formula is C51H70N10O5. The molecule has 8 heterocycles. The van der Waals surface area contributed by atoms with Gasteiger partial charge in [-0.2, -0.15) is 5.01 Å². The van der Waals surface area contributed by atoms with E-state index in [1.165, 1.54) is 56.9 Å². The summed E-state index contributed by atoms with van der Waals surface area (Å²) in [6.45, 7) is 7.82. The topological polar surface area (TPSA) is 165 Å². The molecule has 4 amide bonds. The van der Waals surface area contributed by atoms with E-state index in [0.29, 0.717) is 55.4 Å². The number of amides is 4. The summed E-state index contributed by atoms with van der Waals surface area (Å²) in [5.74, 6) is -0.205. The minimum atomic E-state index is -0.802. The fourth-order valence-electron chi connectivity index (χ4n) is 13.4. The zero-order chi connectivity index (χ0) is 45.2. The van der Waals surface area contributed by atoms with Gasteiger partial charge in [0.2, 0.25) is 17.7 Å². The second kappa shape index (κ2) is 17.9. The number of hydrogen-bond acceptors (Lipinski definition) is 12. The van der Waals surface area contributed by atoms with Crippen molar-refractivity contribution in [3.8, 4) is 0 Å². The van der Waals surface area contributed by atoms with E-state index >= 15 is 0 Å². The average molecular weight is 903 g/mol. The second-order valence-electron chi connectivity index (χ2n) is 21.4. The van der Waals surface area contributed by atoms with Crippen LogP contribution in [0.15, 0.2) is 54.6 Å². The Morgan fingerprint density at radius 3 is 2.38 bits per heavy atom. The Labute approximate surface area is 389 Å². The van der Waals surface area contributed by atoms with Crippen molar-refractivity contribution in [1.82, 2.24) is 41.1 Å². The number of allylic oxidation sites excluding steroid dienone is 1. The predicted octanol–water partition coefficient (Wildman–Crippen LogP) is 4.32. The first-order valence-electron chi connectivity index (χ1n) is 25.4. The molecule has 15 nitrogen and oxygen atoms in total. The molecule has 2 aromatic rings. The standard InChI is InChI=1S/C51H70N10O5/c1-50(66)20-3-2-4-25-60-48(65)40-31-52-49(56-45(40)61(60)43-7-5-6-42(50)54-43)53-36-11-8-33(9-12-36)34-18-26-57(27-19-34)37-16-21-51(22-17-37)23-28-58(29-24-51)38-13-10-35-32-59(47(64)39(35)30-38)41-14-15-44(62)55-46(41)63/h2,4,8-13,30,34,37,40-43,45,49,52-54,56,66H,3,5-7,14-29,31-32H2,1H3,(H,55,62,63)/b4-2-/t40?,41?,42?,43?,45?,49?,50-/m1/s1. The molecule has 66 heavy (non-hydrogen) atoms. The summed E-state index contributed by atoms with van der Waals surface area (Å²) < 4.78 is 0. The third-order valence-electron chi connectivity index (χ3n) is 17.5. The SMILES string of the molecule is C[C@@]1(O)CC/C=C\CN2C(=O)C3CNC(Nc4ccc(C5CCN(C6CCC7(CC6)CCN(c6ccc8c(c6)C(=O)N(C6CCC(=O)NC6=O)C8)CC7)CC5)cc4)NC3N2C2CCCC1N2. The lowest BCUT2D eigenvalue weighted by Gasteiger charge is -2.49. The molecule has 6 unspecified atom stereocenters. The Bertz CT molecular complexity index is 2190. The van der Waals surface area contributed by atoms with Gasteiger partial charge < -0.3 is 25.1 Å². The van der Waals surface area contributed by atoms with E-state index < -0.39 is 11.6 Å². The number of hydrazine groups is 1. The van der Waals surface area contributed by atoms with Crippen molar-refractivity contribution in [2.24, 2.45) is 11.3 Å². The van der Waals surface area contributed by atoms with Crippen LogP contribution in [0.2, 0.25) is 0 Å². The minimum Gasteiger partial charge on any atom is -0.389 e. The molecule has 6 saturated heterocycles. The summed E-state index contributed by atoms with van der Waals surface area (Å²) in [6, 6.07) is 15.4. The zero-order valence-electron chi connectivity index (χ0n) is 38.7. The second-order valence-corrected chi connectivity index (χ2v) is 21.4. The largest absolute Gasteiger partial charge is 0.389 e. The molecule has 15 heteroatoms. The van der Waals surface area contributed by atoms with Gasteiger partial charge in [0, 0.05) is 61.6 Å². The molecule has 2 bridgehead atoms. The maximum absolute atomic E-state index is 13.8. The van der Waals surface area contributed by atoms with Gasteiger partial charge in [-0.15, -0.1) is 0 Å². The molecule has 1 saturated carbocycles. The first-order chi connectivity index (χ1) is 32.0. The van der Waals surface area contributed by atoms with Crippen LogP contribution >= 0.6 is 0 Å². The van der Waals surface area contributed by atoms with Crippen LogP contribution in [0.4, 0.5) is 11.4 Å². The van der Waals surface area contributed by atoms with Gasteiger partial charge in [0.05, 0.1) is 30.4 Å². The number of hydrogen-bond donors (Lipinski definition) is 6. The van der Waals surface area contributed by atoms with Crippen molar-refractivity contribution >= 4 is 35.0 Å². The fraction of sp³-hybridized carbons (Fsp3) is 0.647. The molecule has 354 valence electrons. The third-order valence-corrected chi connectivity index (χ3v) is 17.5. The number of fused-ring (bicyclic) bond motifs is 7. The van der Waals surface area contributed by atoms with E-state index in [1.54, 1.807) is 4.90 Å². The van der Waals surface area contributed by atoms with E-state index in [-0.39, 0.29) is 60.6 Å². The van der Waals surface area contributed by atoms with Gasteiger partial charge in [0.1, 0.15) is 12.3 Å². The number of nitrogens with zero attached hydrogens (tertiary/aromatic N) is 5. The number of rotatable bonds is 6. The number of aliphatic hydroxyl groups is 1. The lowest BCUT2D eigenvalue weighted by molar-refractivity contribution is -0.146. The van der Waals surface area contributed by atoms with Crippen molar-refractivity contribution in [3.05, 3.63) is 71.3 Å². The highest BCUT2D eigenvalue weighted by Crippen LogP contribution is 2.47. The smallest absolute Gasteiger partial charge is 0.255 e. The van der Waals surface area contributed by atoms with E-state index in [9.17, 15) is 24.3 Å². The summed E-state index contributed by atoms with van der Waals surface area (Å²) in [7, 11) is 0. The summed E-state index contributed by atoms with van der Waals surface area (Å²) in [4.78, 5) is 58.4. The van der Waals surface area contributed by atoms with Gasteiger partial charge in [-0.25, -0.2) is 0 Å². The van der Waals surface area contributed by atoms with Crippen molar-refractivity contribution in [1.29, 1.82) is 0 Å². The average Bonchev–Trinajstić information content (AvgIpc) is 3.80.